The third-order valence-electron chi connectivity index (χ3n) is 2.59. The zero-order valence-electron chi connectivity index (χ0n) is 9.19. The van der Waals surface area contributed by atoms with Gasteiger partial charge in [0, 0.05) is 5.56 Å². The Morgan fingerprint density at radius 3 is 2.61 bits per heavy atom. The fourth-order valence-corrected chi connectivity index (χ4v) is 1.82. The Kier molecular flexibility index (Phi) is 2.26. The zero-order valence-corrected chi connectivity index (χ0v) is 9.19. The molecule has 0 bridgehead atoms. The predicted molar refractivity (Wildman–Crippen MR) is 63.3 cm³/mol. The van der Waals surface area contributed by atoms with Crippen molar-refractivity contribution >= 4 is 6.09 Å². The average Bonchev–Trinajstić information content (AvgIpc) is 2.86. The number of hydrogen-bond acceptors (Lipinski definition) is 4. The topological polar surface area (TPSA) is 80.9 Å². The fraction of sp³-hybridized carbons (Fsp3) is 0. The molecule has 0 fully saturated rings. The number of hydrogen-bond donors (Lipinski definition) is 1. The second-order valence-corrected chi connectivity index (χ2v) is 3.66. The van der Waals surface area contributed by atoms with Gasteiger partial charge < -0.3 is 5.11 Å². The van der Waals surface area contributed by atoms with Crippen LogP contribution in [0.5, 0.6) is 0 Å². The standard InChI is InChI=1S/C12H8N4O2/c17-12(18)16-7-15-11-9(13-6-14-11)10(16)8-4-2-1-3-5-8/h1-7H,(H,17,18). The van der Waals surface area contributed by atoms with Crippen molar-refractivity contribution in [3.63, 3.8) is 0 Å². The van der Waals surface area contributed by atoms with Crippen molar-refractivity contribution in [3.05, 3.63) is 43.0 Å². The van der Waals surface area contributed by atoms with E-state index in [9.17, 15) is 9.90 Å². The van der Waals surface area contributed by atoms with Crippen LogP contribution in [0.4, 0.5) is 4.79 Å². The van der Waals surface area contributed by atoms with Crippen LogP contribution < -0.4 is 0 Å². The number of nitrogens with zero attached hydrogens (tertiary/aromatic N) is 4. The first kappa shape index (κ1) is 10.4. The zero-order chi connectivity index (χ0) is 12.5. The molecule has 0 saturated heterocycles. The molecule has 2 aliphatic rings. The molecule has 1 N–H and O–H groups in total. The van der Waals surface area contributed by atoms with Gasteiger partial charge in [-0.1, -0.05) is 30.3 Å². The van der Waals surface area contributed by atoms with Gasteiger partial charge in [-0.25, -0.2) is 24.3 Å². The summed E-state index contributed by atoms with van der Waals surface area (Å²) < 4.78 is 1.05. The van der Waals surface area contributed by atoms with Crippen molar-refractivity contribution in [1.82, 2.24) is 19.5 Å². The number of carbonyl (C=O) groups is 1. The van der Waals surface area contributed by atoms with Crippen LogP contribution in [0.1, 0.15) is 0 Å². The predicted octanol–water partition coefficient (Wildman–Crippen LogP) is 1.97. The highest BCUT2D eigenvalue weighted by Crippen LogP contribution is 2.28. The minimum Gasteiger partial charge on any atom is -0.464 e. The lowest BCUT2D eigenvalue weighted by Gasteiger charge is -2.11. The molecular formula is C12H8N4O2. The molecule has 0 amide bonds. The fourth-order valence-electron chi connectivity index (χ4n) is 1.82. The monoisotopic (exact) mass is 240 g/mol. The minimum absolute atomic E-state index is 0.436. The van der Waals surface area contributed by atoms with E-state index in [0.717, 1.165) is 10.1 Å². The molecule has 1 aromatic rings. The van der Waals surface area contributed by atoms with Crippen molar-refractivity contribution in [2.75, 3.05) is 0 Å². The van der Waals surface area contributed by atoms with Crippen LogP contribution in [0.2, 0.25) is 0 Å². The van der Waals surface area contributed by atoms with E-state index in [-0.39, 0.29) is 0 Å². The Labute approximate surface area is 102 Å². The highest BCUT2D eigenvalue weighted by molar-refractivity contribution is 5.83. The molecular weight excluding hydrogens is 232 g/mol. The van der Waals surface area contributed by atoms with Gasteiger partial charge in [0.2, 0.25) is 0 Å². The molecule has 6 heteroatoms. The van der Waals surface area contributed by atoms with E-state index in [1.54, 1.807) is 0 Å². The molecule has 88 valence electrons. The van der Waals surface area contributed by atoms with Gasteiger partial charge in [-0.05, 0) is 0 Å². The molecule has 2 aliphatic heterocycles. The van der Waals surface area contributed by atoms with Crippen molar-refractivity contribution in [1.29, 1.82) is 0 Å². The molecule has 1 aromatic carbocycles. The van der Waals surface area contributed by atoms with E-state index in [1.165, 1.54) is 12.7 Å². The van der Waals surface area contributed by atoms with Gasteiger partial charge in [-0.3, -0.25) is 0 Å². The lowest BCUT2D eigenvalue weighted by Crippen LogP contribution is -2.14. The van der Waals surface area contributed by atoms with Crippen LogP contribution >= 0.6 is 0 Å². The summed E-state index contributed by atoms with van der Waals surface area (Å²) in [6, 6.07) is 9.18. The summed E-state index contributed by atoms with van der Waals surface area (Å²) >= 11 is 0. The van der Waals surface area contributed by atoms with Crippen LogP contribution in [0.15, 0.2) is 43.0 Å². The quantitative estimate of drug-likeness (QED) is 0.703. The summed E-state index contributed by atoms with van der Waals surface area (Å²) in [4.78, 5) is 23.2. The highest BCUT2D eigenvalue weighted by atomic mass is 16.4. The normalized spacial score (nSPS) is 10.7. The Bertz CT molecular complexity index is 678. The maximum atomic E-state index is 11.2. The molecule has 0 saturated carbocycles. The second kappa shape index (κ2) is 3.92. The van der Waals surface area contributed by atoms with Gasteiger partial charge in [0.25, 0.3) is 0 Å². The third-order valence-corrected chi connectivity index (χ3v) is 2.59. The largest absolute Gasteiger partial charge is 0.464 e. The summed E-state index contributed by atoms with van der Waals surface area (Å²) in [6.45, 7) is 0. The van der Waals surface area contributed by atoms with E-state index in [1.807, 2.05) is 30.3 Å². The lowest BCUT2D eigenvalue weighted by atomic mass is 10.1. The number of imidazole rings is 1. The van der Waals surface area contributed by atoms with Crippen LogP contribution in [-0.4, -0.2) is 30.7 Å². The van der Waals surface area contributed by atoms with Crippen molar-refractivity contribution in [3.8, 4) is 22.8 Å². The molecule has 0 atom stereocenters. The Hall–Kier alpha value is -2.76. The van der Waals surface area contributed by atoms with Crippen LogP contribution in [0, 0.1) is 0 Å². The maximum absolute atomic E-state index is 11.2. The Balaban J connectivity index is 2.35. The molecule has 18 heavy (non-hydrogen) atoms. The summed E-state index contributed by atoms with van der Waals surface area (Å²) in [5.74, 6) is 0.436. The lowest BCUT2D eigenvalue weighted by molar-refractivity contribution is 0.196. The highest BCUT2D eigenvalue weighted by Gasteiger charge is 2.20. The first-order valence-corrected chi connectivity index (χ1v) is 5.24. The molecule has 0 unspecified atom stereocenters. The van der Waals surface area contributed by atoms with Crippen LogP contribution in [0.25, 0.3) is 22.8 Å². The first-order chi connectivity index (χ1) is 8.77. The molecule has 0 aliphatic carbocycles. The molecule has 2 heterocycles. The van der Waals surface area contributed by atoms with E-state index in [0.29, 0.717) is 17.2 Å². The van der Waals surface area contributed by atoms with Gasteiger partial charge in [-0.2, -0.15) is 0 Å². The number of fused-ring (bicyclic) bond motifs is 1. The molecule has 3 rings (SSSR count). The number of benzene rings is 1. The third kappa shape index (κ3) is 1.51. The van der Waals surface area contributed by atoms with E-state index >= 15 is 0 Å². The molecule has 0 radical (unpaired) electrons. The van der Waals surface area contributed by atoms with Crippen LogP contribution in [-0.2, 0) is 0 Å². The number of rotatable bonds is 1. The number of carboxylic acid groups (broad SMARTS) is 1. The molecule has 6 nitrogen and oxygen atoms in total. The Morgan fingerprint density at radius 2 is 1.89 bits per heavy atom. The Morgan fingerprint density at radius 1 is 1.11 bits per heavy atom. The summed E-state index contributed by atoms with van der Waals surface area (Å²) in [5.41, 5.74) is 1.71. The van der Waals surface area contributed by atoms with Gasteiger partial charge in [-0.15, -0.1) is 0 Å². The van der Waals surface area contributed by atoms with E-state index < -0.39 is 6.09 Å². The summed E-state index contributed by atoms with van der Waals surface area (Å²) in [7, 11) is 0. The SMILES string of the molecule is O=C(O)n1cnc2ncnc-2c1-c1ccccc1. The molecule has 0 spiro atoms. The second-order valence-electron chi connectivity index (χ2n) is 3.66. The summed E-state index contributed by atoms with van der Waals surface area (Å²) in [5, 5.41) is 9.20. The number of aromatic nitrogens is 4. The van der Waals surface area contributed by atoms with Gasteiger partial charge in [0.05, 0.1) is 5.69 Å². The van der Waals surface area contributed by atoms with Crippen LogP contribution in [0.3, 0.4) is 0 Å². The van der Waals surface area contributed by atoms with Gasteiger partial charge >= 0.3 is 6.09 Å². The molecule has 0 aromatic heterocycles. The van der Waals surface area contributed by atoms with Gasteiger partial charge in [0.1, 0.15) is 18.3 Å². The first-order valence-electron chi connectivity index (χ1n) is 5.24. The van der Waals surface area contributed by atoms with E-state index in [4.69, 9.17) is 0 Å². The minimum atomic E-state index is -1.11. The van der Waals surface area contributed by atoms with Crippen molar-refractivity contribution in [2.24, 2.45) is 0 Å². The van der Waals surface area contributed by atoms with E-state index in [2.05, 4.69) is 15.0 Å². The maximum Gasteiger partial charge on any atom is 0.417 e. The smallest absolute Gasteiger partial charge is 0.417 e. The average molecular weight is 240 g/mol. The van der Waals surface area contributed by atoms with Gasteiger partial charge in [0.15, 0.2) is 5.82 Å². The summed E-state index contributed by atoms with van der Waals surface area (Å²) in [6.07, 6.45) is 1.50. The van der Waals surface area contributed by atoms with Crippen molar-refractivity contribution in [2.45, 2.75) is 0 Å². The van der Waals surface area contributed by atoms with Crippen molar-refractivity contribution < 1.29 is 9.90 Å².